The summed E-state index contributed by atoms with van der Waals surface area (Å²) < 4.78 is 5.54. The van der Waals surface area contributed by atoms with Crippen LogP contribution < -0.4 is 4.74 Å². The number of ether oxygens (including phenoxy) is 1. The average Bonchev–Trinajstić information content (AvgIpc) is 2.90. The molecule has 0 bridgehead atoms. The second-order valence-corrected chi connectivity index (χ2v) is 5.53. The number of fused-ring (bicyclic) bond motifs is 1. The van der Waals surface area contributed by atoms with Gasteiger partial charge in [-0.1, -0.05) is 0 Å². The molecular formula is C16H21N3O2. The van der Waals surface area contributed by atoms with Crippen LogP contribution in [0.5, 0.6) is 5.75 Å². The zero-order valence-corrected chi connectivity index (χ0v) is 12.5. The number of benzene rings is 1. The number of carbonyl (C=O) groups excluding carboxylic acids is 1. The quantitative estimate of drug-likeness (QED) is 0.875. The van der Waals surface area contributed by atoms with Crippen molar-refractivity contribution >= 4 is 17.3 Å². The lowest BCUT2D eigenvalue weighted by Crippen LogP contribution is -2.46. The number of aromatic nitrogens is 1. The number of nitrogens with one attached hydrogen (secondary N) is 1. The standard InChI is InChI=1S/C16H21N3O2/c1-3-21-13-4-5-14-12(8-13)9-15(17-14)16-10-18(2)6-7-19(16)11-20/h4-5,8-9,11,16-17H,3,6-7,10H2,1-2H3. The van der Waals surface area contributed by atoms with Crippen molar-refractivity contribution in [3.8, 4) is 5.75 Å². The molecule has 112 valence electrons. The van der Waals surface area contributed by atoms with E-state index in [1.165, 1.54) is 0 Å². The maximum absolute atomic E-state index is 11.3. The van der Waals surface area contributed by atoms with E-state index in [2.05, 4.69) is 23.0 Å². The summed E-state index contributed by atoms with van der Waals surface area (Å²) in [6.07, 6.45) is 0.953. The fourth-order valence-corrected chi connectivity index (χ4v) is 2.91. The Labute approximate surface area is 124 Å². The van der Waals surface area contributed by atoms with Crippen molar-refractivity contribution in [2.75, 3.05) is 33.3 Å². The third-order valence-corrected chi connectivity index (χ3v) is 4.04. The monoisotopic (exact) mass is 287 g/mol. The molecule has 0 aliphatic carbocycles. The van der Waals surface area contributed by atoms with Gasteiger partial charge in [0, 0.05) is 36.2 Å². The van der Waals surface area contributed by atoms with Crippen LogP contribution >= 0.6 is 0 Å². The van der Waals surface area contributed by atoms with Gasteiger partial charge in [-0.25, -0.2) is 0 Å². The number of likely N-dealkylation sites (N-methyl/N-ethyl adjacent to an activating group) is 1. The number of nitrogens with zero attached hydrogens (tertiary/aromatic N) is 2. The molecular weight excluding hydrogens is 266 g/mol. The van der Waals surface area contributed by atoms with Crippen LogP contribution in [-0.4, -0.2) is 54.5 Å². The number of hydrogen-bond donors (Lipinski definition) is 1. The van der Waals surface area contributed by atoms with Gasteiger partial charge in [0.2, 0.25) is 6.41 Å². The number of H-pyrrole nitrogens is 1. The highest BCUT2D eigenvalue weighted by Gasteiger charge is 2.26. The zero-order chi connectivity index (χ0) is 14.8. The highest BCUT2D eigenvalue weighted by molar-refractivity contribution is 5.82. The first kappa shape index (κ1) is 13.9. The minimum Gasteiger partial charge on any atom is -0.494 e. The Morgan fingerprint density at radius 2 is 2.24 bits per heavy atom. The fourth-order valence-electron chi connectivity index (χ4n) is 2.91. The van der Waals surface area contributed by atoms with E-state index in [1.807, 2.05) is 30.0 Å². The van der Waals surface area contributed by atoms with Crippen LogP contribution in [0.4, 0.5) is 0 Å². The van der Waals surface area contributed by atoms with Crippen molar-refractivity contribution in [3.05, 3.63) is 30.0 Å². The van der Waals surface area contributed by atoms with Crippen LogP contribution in [0.3, 0.4) is 0 Å². The number of aromatic amines is 1. The second-order valence-electron chi connectivity index (χ2n) is 5.53. The van der Waals surface area contributed by atoms with Crippen molar-refractivity contribution in [1.82, 2.24) is 14.8 Å². The molecule has 0 spiro atoms. The van der Waals surface area contributed by atoms with Crippen molar-refractivity contribution in [1.29, 1.82) is 0 Å². The van der Waals surface area contributed by atoms with E-state index < -0.39 is 0 Å². The van der Waals surface area contributed by atoms with Gasteiger partial charge in [-0.05, 0) is 38.2 Å². The molecule has 21 heavy (non-hydrogen) atoms. The number of hydrogen-bond acceptors (Lipinski definition) is 3. The maximum atomic E-state index is 11.3. The molecule has 5 nitrogen and oxygen atoms in total. The molecule has 1 unspecified atom stereocenters. The lowest BCUT2D eigenvalue weighted by atomic mass is 10.1. The largest absolute Gasteiger partial charge is 0.494 e. The molecule has 1 aliphatic heterocycles. The van der Waals surface area contributed by atoms with E-state index >= 15 is 0 Å². The summed E-state index contributed by atoms with van der Waals surface area (Å²) in [6, 6.07) is 8.25. The molecule has 2 aromatic rings. The molecule has 1 aromatic carbocycles. The van der Waals surface area contributed by atoms with Crippen molar-refractivity contribution in [2.45, 2.75) is 13.0 Å². The molecule has 5 heteroatoms. The third kappa shape index (κ3) is 2.74. The fraction of sp³-hybridized carbons (Fsp3) is 0.438. The van der Waals surface area contributed by atoms with Crippen LogP contribution in [0.1, 0.15) is 18.7 Å². The summed E-state index contributed by atoms with van der Waals surface area (Å²) in [5.74, 6) is 0.878. The maximum Gasteiger partial charge on any atom is 0.210 e. The highest BCUT2D eigenvalue weighted by atomic mass is 16.5. The predicted octanol–water partition coefficient (Wildman–Crippen LogP) is 2.01. The number of rotatable bonds is 4. The van der Waals surface area contributed by atoms with Crippen molar-refractivity contribution < 1.29 is 9.53 Å². The topological polar surface area (TPSA) is 48.6 Å². The van der Waals surface area contributed by atoms with Gasteiger partial charge in [-0.15, -0.1) is 0 Å². The smallest absolute Gasteiger partial charge is 0.210 e. The van der Waals surface area contributed by atoms with E-state index in [1.54, 1.807) is 0 Å². The van der Waals surface area contributed by atoms with Crippen molar-refractivity contribution in [2.24, 2.45) is 0 Å². The van der Waals surface area contributed by atoms with Gasteiger partial charge in [0.15, 0.2) is 0 Å². The van der Waals surface area contributed by atoms with Crippen molar-refractivity contribution in [3.63, 3.8) is 0 Å². The van der Waals surface area contributed by atoms with Gasteiger partial charge in [0.05, 0.1) is 12.6 Å². The number of amides is 1. The van der Waals surface area contributed by atoms with Gasteiger partial charge < -0.3 is 19.5 Å². The minimum atomic E-state index is 0.0872. The Balaban J connectivity index is 1.93. The summed E-state index contributed by atoms with van der Waals surface area (Å²) in [6.45, 7) is 5.18. The molecule has 1 N–H and O–H groups in total. The average molecular weight is 287 g/mol. The summed E-state index contributed by atoms with van der Waals surface area (Å²) in [4.78, 5) is 18.8. The van der Waals surface area contributed by atoms with Gasteiger partial charge in [0.1, 0.15) is 5.75 Å². The number of carbonyl (C=O) groups is 1. The van der Waals surface area contributed by atoms with Crippen LogP contribution in [0, 0.1) is 0 Å². The molecule has 3 rings (SSSR count). The summed E-state index contributed by atoms with van der Waals surface area (Å²) in [5, 5.41) is 1.12. The van der Waals surface area contributed by atoms with E-state index in [-0.39, 0.29) is 6.04 Å². The van der Waals surface area contributed by atoms with Crippen LogP contribution in [0.15, 0.2) is 24.3 Å². The van der Waals surface area contributed by atoms with Gasteiger partial charge >= 0.3 is 0 Å². The summed E-state index contributed by atoms with van der Waals surface area (Å²) in [7, 11) is 2.09. The first-order valence-electron chi connectivity index (χ1n) is 7.36. The Morgan fingerprint density at radius 3 is 3.00 bits per heavy atom. The van der Waals surface area contributed by atoms with Crippen LogP contribution in [0.2, 0.25) is 0 Å². The lowest BCUT2D eigenvalue weighted by molar-refractivity contribution is -0.122. The molecule has 1 fully saturated rings. The van der Waals surface area contributed by atoms with Gasteiger partial charge in [-0.2, -0.15) is 0 Å². The Hall–Kier alpha value is -2.01. The third-order valence-electron chi connectivity index (χ3n) is 4.04. The molecule has 1 atom stereocenters. The normalized spacial score (nSPS) is 19.9. The van der Waals surface area contributed by atoms with Gasteiger partial charge in [-0.3, -0.25) is 4.79 Å². The van der Waals surface area contributed by atoms with Crippen LogP contribution in [0.25, 0.3) is 10.9 Å². The van der Waals surface area contributed by atoms with E-state index in [0.717, 1.165) is 48.4 Å². The molecule has 1 aromatic heterocycles. The first-order valence-corrected chi connectivity index (χ1v) is 7.36. The molecule has 2 heterocycles. The molecule has 0 radical (unpaired) electrons. The molecule has 1 aliphatic rings. The minimum absolute atomic E-state index is 0.0872. The summed E-state index contributed by atoms with van der Waals surface area (Å²) >= 11 is 0. The zero-order valence-electron chi connectivity index (χ0n) is 12.5. The summed E-state index contributed by atoms with van der Waals surface area (Å²) in [5.41, 5.74) is 2.16. The Kier molecular flexibility index (Phi) is 3.84. The first-order chi connectivity index (χ1) is 10.2. The SMILES string of the molecule is CCOc1ccc2[nH]c(C3CN(C)CCN3C=O)cc2c1. The van der Waals surface area contributed by atoms with E-state index in [0.29, 0.717) is 6.61 Å². The lowest BCUT2D eigenvalue weighted by Gasteiger charge is -2.37. The van der Waals surface area contributed by atoms with E-state index in [4.69, 9.17) is 4.74 Å². The van der Waals surface area contributed by atoms with Crippen LogP contribution in [-0.2, 0) is 4.79 Å². The Morgan fingerprint density at radius 1 is 1.38 bits per heavy atom. The molecule has 0 saturated carbocycles. The highest BCUT2D eigenvalue weighted by Crippen LogP contribution is 2.28. The molecule has 1 saturated heterocycles. The Bertz CT molecular complexity index is 637. The molecule has 1 amide bonds. The van der Waals surface area contributed by atoms with E-state index in [9.17, 15) is 4.79 Å². The second kappa shape index (κ2) is 5.77. The number of piperazine rings is 1. The van der Waals surface area contributed by atoms with Gasteiger partial charge in [0.25, 0.3) is 0 Å². The predicted molar refractivity (Wildman–Crippen MR) is 82.5 cm³/mol.